The first-order valence-electron chi connectivity index (χ1n) is 7.40. The maximum Gasteiger partial charge on any atom is 0.226 e. The van der Waals surface area contributed by atoms with Gasteiger partial charge in [-0.1, -0.05) is 12.1 Å². The molecule has 1 aromatic carbocycles. The third-order valence-corrected chi connectivity index (χ3v) is 4.36. The highest BCUT2D eigenvalue weighted by molar-refractivity contribution is 5.94. The van der Waals surface area contributed by atoms with Gasteiger partial charge in [-0.25, -0.2) is 4.98 Å². The smallest absolute Gasteiger partial charge is 0.226 e. The maximum absolute atomic E-state index is 12.1. The van der Waals surface area contributed by atoms with Crippen LogP contribution < -0.4 is 5.32 Å². The number of nitrogens with one attached hydrogen (secondary N) is 1. The Labute approximate surface area is 122 Å². The Balaban J connectivity index is 1.84. The number of phenolic OH excluding ortho intramolecular Hbond substituents is 1. The summed E-state index contributed by atoms with van der Waals surface area (Å²) in [4.78, 5) is 16.8. The average molecular weight is 283 g/mol. The van der Waals surface area contributed by atoms with Gasteiger partial charge < -0.3 is 15.0 Å². The van der Waals surface area contributed by atoms with Crippen LogP contribution >= 0.6 is 0 Å². The number of anilines is 1. The van der Waals surface area contributed by atoms with Crippen molar-refractivity contribution in [1.29, 1.82) is 0 Å². The number of amides is 1. The zero-order valence-electron chi connectivity index (χ0n) is 11.7. The zero-order valence-corrected chi connectivity index (χ0v) is 11.7. The molecule has 5 nitrogen and oxygen atoms in total. The minimum Gasteiger partial charge on any atom is -0.508 e. The summed E-state index contributed by atoms with van der Waals surface area (Å²) in [6, 6.07) is 7.13. The second-order valence-electron chi connectivity index (χ2n) is 5.77. The van der Waals surface area contributed by atoms with E-state index in [4.69, 9.17) is 4.98 Å². The van der Waals surface area contributed by atoms with Crippen LogP contribution in [0.15, 0.2) is 24.3 Å². The average Bonchev–Trinajstić information content (AvgIpc) is 2.85. The monoisotopic (exact) mass is 283 g/mol. The van der Waals surface area contributed by atoms with Crippen molar-refractivity contribution in [2.24, 2.45) is 0 Å². The number of hydrogen-bond donors (Lipinski definition) is 2. The highest BCUT2D eigenvalue weighted by Crippen LogP contribution is 2.39. The summed E-state index contributed by atoms with van der Waals surface area (Å²) in [7, 11) is 0. The number of fused-ring (bicyclic) bond motifs is 3. The van der Waals surface area contributed by atoms with Crippen molar-refractivity contribution in [2.45, 2.75) is 38.1 Å². The van der Waals surface area contributed by atoms with Gasteiger partial charge in [0.05, 0.1) is 5.69 Å². The third kappa shape index (κ3) is 2.00. The lowest BCUT2D eigenvalue weighted by atomic mass is 9.90. The number of benzene rings is 1. The summed E-state index contributed by atoms with van der Waals surface area (Å²) < 4.78 is 2.14. The molecule has 0 unspecified atom stereocenters. The Bertz CT molecular complexity index is 720. The maximum atomic E-state index is 12.1. The topological polar surface area (TPSA) is 67.1 Å². The van der Waals surface area contributed by atoms with Gasteiger partial charge in [0.25, 0.3) is 0 Å². The Morgan fingerprint density at radius 1 is 1.33 bits per heavy atom. The highest BCUT2D eigenvalue weighted by atomic mass is 16.3. The second-order valence-corrected chi connectivity index (χ2v) is 5.77. The van der Waals surface area contributed by atoms with Crippen LogP contribution in [-0.4, -0.2) is 20.6 Å². The number of aromatic nitrogens is 2. The third-order valence-electron chi connectivity index (χ3n) is 4.36. The van der Waals surface area contributed by atoms with Crippen molar-refractivity contribution in [3.05, 3.63) is 41.3 Å². The molecule has 1 atom stereocenters. The van der Waals surface area contributed by atoms with E-state index >= 15 is 0 Å². The van der Waals surface area contributed by atoms with Gasteiger partial charge in [-0.05, 0) is 30.5 Å². The summed E-state index contributed by atoms with van der Waals surface area (Å²) in [5.74, 6) is 2.10. The fourth-order valence-electron chi connectivity index (χ4n) is 3.36. The Hall–Kier alpha value is -2.30. The molecule has 5 heteroatoms. The van der Waals surface area contributed by atoms with Gasteiger partial charge in [-0.3, -0.25) is 4.79 Å². The van der Waals surface area contributed by atoms with Crippen LogP contribution in [0.4, 0.5) is 5.82 Å². The predicted octanol–water partition coefficient (Wildman–Crippen LogP) is 2.40. The molecule has 0 saturated carbocycles. The predicted molar refractivity (Wildman–Crippen MR) is 78.4 cm³/mol. The van der Waals surface area contributed by atoms with Gasteiger partial charge in [-0.15, -0.1) is 0 Å². The SMILES string of the molecule is O=C1C[C@@H](c2cccc(O)c2)c2nc3n(c2N1)CCCC3. The van der Waals surface area contributed by atoms with Crippen molar-refractivity contribution in [1.82, 2.24) is 9.55 Å². The van der Waals surface area contributed by atoms with E-state index in [0.29, 0.717) is 6.42 Å². The van der Waals surface area contributed by atoms with E-state index in [1.165, 1.54) is 0 Å². The molecule has 0 radical (unpaired) electrons. The van der Waals surface area contributed by atoms with Crippen molar-refractivity contribution < 1.29 is 9.90 Å². The van der Waals surface area contributed by atoms with E-state index in [2.05, 4.69) is 9.88 Å². The molecule has 2 aliphatic heterocycles. The van der Waals surface area contributed by atoms with Crippen molar-refractivity contribution in [3.63, 3.8) is 0 Å². The van der Waals surface area contributed by atoms with E-state index < -0.39 is 0 Å². The summed E-state index contributed by atoms with van der Waals surface area (Å²) >= 11 is 0. The molecule has 0 spiro atoms. The molecular formula is C16H17N3O2. The normalized spacial score (nSPS) is 20.6. The number of aromatic hydroxyl groups is 1. The minimum absolute atomic E-state index is 0.0177. The first-order chi connectivity index (χ1) is 10.2. The molecule has 3 heterocycles. The molecule has 4 rings (SSSR count). The minimum atomic E-state index is -0.0704. The number of carbonyl (C=O) groups excluding carboxylic acids is 1. The molecule has 1 amide bonds. The molecular weight excluding hydrogens is 266 g/mol. The molecule has 0 saturated heterocycles. The van der Waals surface area contributed by atoms with Crippen molar-refractivity contribution in [3.8, 4) is 5.75 Å². The Kier molecular flexibility index (Phi) is 2.74. The fourth-order valence-corrected chi connectivity index (χ4v) is 3.36. The van der Waals surface area contributed by atoms with Crippen molar-refractivity contribution in [2.75, 3.05) is 5.32 Å². The fraction of sp³-hybridized carbons (Fsp3) is 0.375. The number of imidazole rings is 1. The van der Waals surface area contributed by atoms with Gasteiger partial charge in [0, 0.05) is 25.3 Å². The van der Waals surface area contributed by atoms with Crippen molar-refractivity contribution >= 4 is 11.7 Å². The Morgan fingerprint density at radius 2 is 2.24 bits per heavy atom. The molecule has 2 aliphatic rings. The number of rotatable bonds is 1. The molecule has 0 fully saturated rings. The largest absolute Gasteiger partial charge is 0.508 e. The van der Waals surface area contributed by atoms with Crippen LogP contribution in [0.2, 0.25) is 0 Å². The molecule has 21 heavy (non-hydrogen) atoms. The van der Waals surface area contributed by atoms with E-state index in [9.17, 15) is 9.90 Å². The van der Waals surface area contributed by atoms with Crippen LogP contribution in [0, 0.1) is 0 Å². The van der Waals surface area contributed by atoms with Crippen LogP contribution in [0.25, 0.3) is 0 Å². The number of phenols is 1. The van der Waals surface area contributed by atoms with Crippen LogP contribution in [0.5, 0.6) is 5.75 Å². The van der Waals surface area contributed by atoms with Crippen LogP contribution in [0.3, 0.4) is 0 Å². The highest BCUT2D eigenvalue weighted by Gasteiger charge is 2.33. The summed E-state index contributed by atoms with van der Waals surface area (Å²) in [6.45, 7) is 0.921. The summed E-state index contributed by atoms with van der Waals surface area (Å²) in [5, 5.41) is 12.7. The molecule has 0 bridgehead atoms. The molecule has 2 N–H and O–H groups in total. The van der Waals surface area contributed by atoms with Crippen LogP contribution in [-0.2, 0) is 17.8 Å². The van der Waals surface area contributed by atoms with Crippen LogP contribution in [0.1, 0.15) is 42.3 Å². The lowest BCUT2D eigenvalue weighted by molar-refractivity contribution is -0.116. The zero-order chi connectivity index (χ0) is 14.4. The lowest BCUT2D eigenvalue weighted by Crippen LogP contribution is -2.25. The van der Waals surface area contributed by atoms with Gasteiger partial charge in [0.15, 0.2) is 0 Å². The van der Waals surface area contributed by atoms with Gasteiger partial charge in [0.2, 0.25) is 5.91 Å². The second kappa shape index (κ2) is 4.62. The first-order valence-corrected chi connectivity index (χ1v) is 7.40. The molecule has 108 valence electrons. The molecule has 2 aromatic rings. The van der Waals surface area contributed by atoms with Gasteiger partial charge in [-0.2, -0.15) is 0 Å². The van der Waals surface area contributed by atoms with E-state index in [1.807, 2.05) is 12.1 Å². The first kappa shape index (κ1) is 12.4. The molecule has 1 aromatic heterocycles. The van der Waals surface area contributed by atoms with Gasteiger partial charge in [0.1, 0.15) is 17.4 Å². The van der Waals surface area contributed by atoms with E-state index in [-0.39, 0.29) is 17.6 Å². The lowest BCUT2D eigenvalue weighted by Gasteiger charge is -2.24. The van der Waals surface area contributed by atoms with E-state index in [0.717, 1.165) is 48.7 Å². The quantitative estimate of drug-likeness (QED) is 0.844. The van der Waals surface area contributed by atoms with Gasteiger partial charge >= 0.3 is 0 Å². The molecule has 0 aliphatic carbocycles. The number of aryl methyl sites for hydroxylation is 1. The van der Waals surface area contributed by atoms with E-state index in [1.54, 1.807) is 12.1 Å². The number of carbonyl (C=O) groups is 1. The summed E-state index contributed by atoms with van der Waals surface area (Å²) in [6.07, 6.45) is 3.63. The standard InChI is InChI=1S/C16H17N3O2/c20-11-5-3-4-10(8-11)12-9-14(21)18-16-15(12)17-13-6-1-2-7-19(13)16/h3-5,8,12,20H,1-2,6-7,9H2,(H,18,21)/t12-/m0/s1. The summed E-state index contributed by atoms with van der Waals surface area (Å²) in [5.41, 5.74) is 1.89. The number of nitrogens with zero attached hydrogens (tertiary/aromatic N) is 2. The number of hydrogen-bond acceptors (Lipinski definition) is 3. The Morgan fingerprint density at radius 3 is 3.10 bits per heavy atom.